The van der Waals surface area contributed by atoms with E-state index in [0.29, 0.717) is 11.9 Å². The van der Waals surface area contributed by atoms with Crippen LogP contribution in [-0.4, -0.2) is 28.6 Å². The Morgan fingerprint density at radius 1 is 1.60 bits per heavy atom. The van der Waals surface area contributed by atoms with Crippen molar-refractivity contribution in [2.75, 3.05) is 16.8 Å². The second-order valence-corrected chi connectivity index (χ2v) is 4.68. The third-order valence-corrected chi connectivity index (χ3v) is 3.54. The van der Waals surface area contributed by atoms with Gasteiger partial charge in [0.25, 0.3) is 0 Å². The van der Waals surface area contributed by atoms with Gasteiger partial charge in [-0.05, 0) is 24.7 Å². The molecule has 5 heteroatoms. The molecule has 0 saturated carbocycles. The number of nitrogens with one attached hydrogen (secondary N) is 1. The fourth-order valence-corrected chi connectivity index (χ4v) is 2.66. The number of aromatic carboxylic acids is 1. The van der Waals surface area contributed by atoms with E-state index in [9.17, 15) is 4.79 Å². The second kappa shape index (κ2) is 4.61. The third-order valence-electron chi connectivity index (χ3n) is 2.32. The van der Waals surface area contributed by atoms with Gasteiger partial charge < -0.3 is 14.8 Å². The van der Waals surface area contributed by atoms with Crippen molar-refractivity contribution in [1.29, 1.82) is 0 Å². The number of thioether (sulfide) groups is 1. The largest absolute Gasteiger partial charge is 0.475 e. The molecular weight excluding hydrogens is 214 g/mol. The minimum absolute atomic E-state index is 0.0130. The molecule has 1 aliphatic heterocycles. The van der Waals surface area contributed by atoms with Crippen LogP contribution in [0.5, 0.6) is 0 Å². The number of carboxylic acid groups (broad SMARTS) is 1. The van der Waals surface area contributed by atoms with Crippen molar-refractivity contribution in [3.8, 4) is 0 Å². The molecule has 82 valence electrons. The van der Waals surface area contributed by atoms with E-state index in [1.807, 2.05) is 11.8 Å². The Morgan fingerprint density at radius 2 is 2.47 bits per heavy atom. The molecule has 0 aromatic carbocycles. The number of hydrogen-bond acceptors (Lipinski definition) is 4. The molecule has 1 atom stereocenters. The van der Waals surface area contributed by atoms with Crippen molar-refractivity contribution in [1.82, 2.24) is 0 Å². The summed E-state index contributed by atoms with van der Waals surface area (Å²) in [5, 5.41) is 11.9. The van der Waals surface area contributed by atoms with Gasteiger partial charge >= 0.3 is 5.97 Å². The lowest BCUT2D eigenvalue weighted by Gasteiger charge is -2.21. The molecule has 1 fully saturated rings. The maximum Gasteiger partial charge on any atom is 0.371 e. The Balaban J connectivity index is 1.94. The van der Waals surface area contributed by atoms with Crippen LogP contribution in [-0.2, 0) is 0 Å². The summed E-state index contributed by atoms with van der Waals surface area (Å²) < 4.78 is 5.13. The molecular formula is C10H13NO3S. The Bertz CT molecular complexity index is 344. The van der Waals surface area contributed by atoms with Gasteiger partial charge in [0.15, 0.2) is 5.88 Å². The maximum atomic E-state index is 10.6. The first-order valence-electron chi connectivity index (χ1n) is 4.93. The predicted octanol–water partition coefficient (Wildman–Crippen LogP) is 2.29. The van der Waals surface area contributed by atoms with Crippen molar-refractivity contribution in [2.45, 2.75) is 18.9 Å². The fraction of sp³-hybridized carbons (Fsp3) is 0.500. The highest BCUT2D eigenvalue weighted by Gasteiger charge is 2.15. The van der Waals surface area contributed by atoms with Crippen molar-refractivity contribution >= 4 is 23.6 Å². The summed E-state index contributed by atoms with van der Waals surface area (Å²) in [6, 6.07) is 3.54. The molecule has 0 spiro atoms. The fourth-order valence-electron chi connectivity index (χ4n) is 1.59. The van der Waals surface area contributed by atoms with Crippen LogP contribution < -0.4 is 5.32 Å². The number of carbonyl (C=O) groups is 1. The van der Waals surface area contributed by atoms with Gasteiger partial charge in [0.1, 0.15) is 0 Å². The maximum absolute atomic E-state index is 10.6. The van der Waals surface area contributed by atoms with Crippen molar-refractivity contribution < 1.29 is 14.3 Å². The summed E-state index contributed by atoms with van der Waals surface area (Å²) in [6.45, 7) is 0. The molecule has 15 heavy (non-hydrogen) atoms. The van der Waals surface area contributed by atoms with E-state index in [0.717, 1.165) is 12.2 Å². The summed E-state index contributed by atoms with van der Waals surface area (Å²) >= 11 is 1.91. The first-order chi connectivity index (χ1) is 7.25. The minimum Gasteiger partial charge on any atom is -0.475 e. The molecule has 1 aromatic rings. The van der Waals surface area contributed by atoms with E-state index < -0.39 is 5.97 Å². The molecule has 1 saturated heterocycles. The van der Waals surface area contributed by atoms with Crippen LogP contribution in [0.2, 0.25) is 0 Å². The first kappa shape index (κ1) is 10.4. The molecule has 0 bridgehead atoms. The molecule has 0 radical (unpaired) electrons. The second-order valence-electron chi connectivity index (χ2n) is 3.53. The average Bonchev–Trinajstić information content (AvgIpc) is 2.68. The lowest BCUT2D eigenvalue weighted by atomic mass is 10.2. The van der Waals surface area contributed by atoms with E-state index in [1.54, 1.807) is 6.07 Å². The van der Waals surface area contributed by atoms with Crippen LogP contribution in [0.1, 0.15) is 23.4 Å². The van der Waals surface area contributed by atoms with Gasteiger partial charge in [-0.2, -0.15) is 11.8 Å². The van der Waals surface area contributed by atoms with Gasteiger partial charge in [-0.1, -0.05) is 0 Å². The summed E-state index contributed by atoms with van der Waals surface area (Å²) in [4.78, 5) is 10.6. The smallest absolute Gasteiger partial charge is 0.371 e. The zero-order chi connectivity index (χ0) is 10.7. The highest BCUT2D eigenvalue weighted by molar-refractivity contribution is 7.99. The monoisotopic (exact) mass is 227 g/mol. The average molecular weight is 227 g/mol. The lowest BCUT2D eigenvalue weighted by Crippen LogP contribution is -2.25. The Hall–Kier alpha value is -1.10. The van der Waals surface area contributed by atoms with E-state index >= 15 is 0 Å². The van der Waals surface area contributed by atoms with Gasteiger partial charge in [-0.15, -0.1) is 0 Å². The molecule has 1 aromatic heterocycles. The number of rotatable bonds is 3. The van der Waals surface area contributed by atoms with Gasteiger partial charge in [-0.3, -0.25) is 0 Å². The quantitative estimate of drug-likeness (QED) is 0.829. The Labute approximate surface area is 92.0 Å². The SMILES string of the molecule is O=C(O)c1ccc(NC2CCCSC2)o1. The van der Waals surface area contributed by atoms with Crippen LogP contribution in [0.4, 0.5) is 5.88 Å². The highest BCUT2D eigenvalue weighted by atomic mass is 32.2. The standard InChI is InChI=1S/C10H13NO3S/c12-10(13)8-3-4-9(14-8)11-7-2-1-5-15-6-7/h3-4,7,11H,1-2,5-6H2,(H,12,13). The van der Waals surface area contributed by atoms with Gasteiger partial charge in [0.2, 0.25) is 5.76 Å². The van der Waals surface area contributed by atoms with Gasteiger partial charge in [-0.25, -0.2) is 4.79 Å². The van der Waals surface area contributed by atoms with E-state index in [-0.39, 0.29) is 5.76 Å². The summed E-state index contributed by atoms with van der Waals surface area (Å²) in [6.07, 6.45) is 2.32. The molecule has 0 amide bonds. The topological polar surface area (TPSA) is 62.5 Å². The van der Waals surface area contributed by atoms with Crippen molar-refractivity contribution in [3.63, 3.8) is 0 Å². The molecule has 1 unspecified atom stereocenters. The van der Waals surface area contributed by atoms with Crippen LogP contribution in [0.25, 0.3) is 0 Å². The normalized spacial score (nSPS) is 21.2. The number of hydrogen-bond donors (Lipinski definition) is 2. The van der Waals surface area contributed by atoms with Crippen LogP contribution in [0, 0.1) is 0 Å². The molecule has 2 rings (SSSR count). The number of carboxylic acids is 1. The van der Waals surface area contributed by atoms with E-state index in [2.05, 4.69) is 5.32 Å². The zero-order valence-corrected chi connectivity index (χ0v) is 9.05. The van der Waals surface area contributed by atoms with E-state index in [4.69, 9.17) is 9.52 Å². The summed E-state index contributed by atoms with van der Waals surface area (Å²) in [5.74, 6) is 1.79. The van der Waals surface area contributed by atoms with Gasteiger partial charge in [0, 0.05) is 17.9 Å². The van der Waals surface area contributed by atoms with Crippen LogP contribution >= 0.6 is 11.8 Å². The van der Waals surface area contributed by atoms with E-state index in [1.165, 1.54) is 18.2 Å². The lowest BCUT2D eigenvalue weighted by molar-refractivity contribution is 0.0663. The number of anilines is 1. The minimum atomic E-state index is -1.03. The number of furan rings is 1. The zero-order valence-electron chi connectivity index (χ0n) is 8.23. The predicted molar refractivity (Wildman–Crippen MR) is 59.6 cm³/mol. The molecule has 1 aliphatic rings. The van der Waals surface area contributed by atoms with Gasteiger partial charge in [0.05, 0.1) is 0 Å². The van der Waals surface area contributed by atoms with Crippen molar-refractivity contribution in [3.05, 3.63) is 17.9 Å². The highest BCUT2D eigenvalue weighted by Crippen LogP contribution is 2.22. The van der Waals surface area contributed by atoms with Crippen LogP contribution in [0.15, 0.2) is 16.5 Å². The Kier molecular flexibility index (Phi) is 3.20. The Morgan fingerprint density at radius 3 is 3.07 bits per heavy atom. The molecule has 0 aliphatic carbocycles. The first-order valence-corrected chi connectivity index (χ1v) is 6.08. The van der Waals surface area contributed by atoms with Crippen molar-refractivity contribution in [2.24, 2.45) is 0 Å². The molecule has 2 N–H and O–H groups in total. The van der Waals surface area contributed by atoms with Crippen LogP contribution in [0.3, 0.4) is 0 Å². The molecule has 4 nitrogen and oxygen atoms in total. The molecule has 2 heterocycles. The summed E-state index contributed by atoms with van der Waals surface area (Å²) in [5.41, 5.74) is 0. The third kappa shape index (κ3) is 2.68. The summed E-state index contributed by atoms with van der Waals surface area (Å²) in [7, 11) is 0.